The molecule has 0 radical (unpaired) electrons. The maximum Gasteiger partial charge on any atom is 0.0739 e. The summed E-state index contributed by atoms with van der Waals surface area (Å²) in [7, 11) is 0. The van der Waals surface area contributed by atoms with Gasteiger partial charge < -0.3 is 10.1 Å². The van der Waals surface area contributed by atoms with Crippen LogP contribution in [0.2, 0.25) is 0 Å². The minimum atomic E-state index is 0.471. The number of nitrogens with zero attached hydrogens (tertiary/aromatic N) is 2. The molecule has 1 aromatic heterocycles. The molecule has 1 aliphatic heterocycles. The molecule has 0 aromatic carbocycles. The average molecular weight is 316 g/mol. The molecule has 1 atom stereocenters. The molecule has 0 amide bonds. The van der Waals surface area contributed by atoms with Crippen molar-refractivity contribution < 1.29 is 4.74 Å². The van der Waals surface area contributed by atoms with Crippen LogP contribution in [0.15, 0.2) is 4.47 Å². The van der Waals surface area contributed by atoms with Crippen molar-refractivity contribution in [3.8, 4) is 0 Å². The van der Waals surface area contributed by atoms with Crippen molar-refractivity contribution in [1.82, 2.24) is 15.1 Å². The molecular formula is C13H22BrN3O. The Morgan fingerprint density at radius 1 is 1.56 bits per heavy atom. The second-order valence-electron chi connectivity index (χ2n) is 4.76. The third kappa shape index (κ3) is 3.33. The Balaban J connectivity index is 1.78. The van der Waals surface area contributed by atoms with Gasteiger partial charge in [0.2, 0.25) is 0 Å². The molecule has 18 heavy (non-hydrogen) atoms. The smallest absolute Gasteiger partial charge is 0.0739 e. The first-order valence-electron chi connectivity index (χ1n) is 6.76. The quantitative estimate of drug-likeness (QED) is 0.820. The van der Waals surface area contributed by atoms with Crippen molar-refractivity contribution in [2.45, 2.75) is 52.3 Å². The first-order chi connectivity index (χ1) is 8.72. The second-order valence-corrected chi connectivity index (χ2v) is 5.56. The van der Waals surface area contributed by atoms with Crippen molar-refractivity contribution in [1.29, 1.82) is 0 Å². The van der Waals surface area contributed by atoms with Crippen LogP contribution in [0.5, 0.6) is 0 Å². The zero-order valence-corrected chi connectivity index (χ0v) is 12.8. The van der Waals surface area contributed by atoms with Gasteiger partial charge in [-0.05, 0) is 55.6 Å². The van der Waals surface area contributed by atoms with Gasteiger partial charge in [-0.25, -0.2) is 0 Å². The summed E-state index contributed by atoms with van der Waals surface area (Å²) in [5.41, 5.74) is 2.30. The SMILES string of the molecule is CCn1nc(C)c(Br)c1CNCCC1CCCO1. The zero-order chi connectivity index (χ0) is 13.0. The van der Waals surface area contributed by atoms with Crippen LogP contribution in [0.25, 0.3) is 0 Å². The predicted octanol–water partition coefficient (Wildman–Crippen LogP) is 2.63. The lowest BCUT2D eigenvalue weighted by molar-refractivity contribution is 0.104. The zero-order valence-electron chi connectivity index (χ0n) is 11.2. The Morgan fingerprint density at radius 2 is 2.39 bits per heavy atom. The molecule has 1 unspecified atom stereocenters. The van der Waals surface area contributed by atoms with Crippen molar-refractivity contribution in [2.75, 3.05) is 13.2 Å². The van der Waals surface area contributed by atoms with E-state index in [1.807, 2.05) is 6.92 Å². The van der Waals surface area contributed by atoms with Crippen molar-refractivity contribution >= 4 is 15.9 Å². The highest BCUT2D eigenvalue weighted by Gasteiger charge is 2.15. The van der Waals surface area contributed by atoms with Crippen LogP contribution in [-0.4, -0.2) is 29.0 Å². The number of aromatic nitrogens is 2. The number of ether oxygens (including phenoxy) is 1. The van der Waals surface area contributed by atoms with Crippen LogP contribution in [0.4, 0.5) is 0 Å². The fraction of sp³-hybridized carbons (Fsp3) is 0.769. The number of hydrogen-bond acceptors (Lipinski definition) is 3. The number of aryl methyl sites for hydroxylation is 2. The Hall–Kier alpha value is -0.390. The Labute approximate surface area is 117 Å². The number of nitrogens with one attached hydrogen (secondary N) is 1. The van der Waals surface area contributed by atoms with E-state index in [2.05, 4.69) is 38.0 Å². The van der Waals surface area contributed by atoms with Gasteiger partial charge in [0.05, 0.1) is 22.0 Å². The van der Waals surface area contributed by atoms with Crippen LogP contribution in [0.3, 0.4) is 0 Å². The summed E-state index contributed by atoms with van der Waals surface area (Å²) in [6.07, 6.45) is 4.02. The van der Waals surface area contributed by atoms with Crippen molar-refractivity contribution in [3.05, 3.63) is 15.9 Å². The van der Waals surface area contributed by atoms with E-state index in [9.17, 15) is 0 Å². The van der Waals surface area contributed by atoms with E-state index in [0.717, 1.165) is 42.8 Å². The monoisotopic (exact) mass is 315 g/mol. The van der Waals surface area contributed by atoms with E-state index in [1.54, 1.807) is 0 Å². The predicted molar refractivity (Wildman–Crippen MR) is 75.6 cm³/mol. The third-order valence-corrected chi connectivity index (χ3v) is 4.44. The first-order valence-corrected chi connectivity index (χ1v) is 7.55. The van der Waals surface area contributed by atoms with Crippen molar-refractivity contribution in [2.24, 2.45) is 0 Å². The van der Waals surface area contributed by atoms with Gasteiger partial charge in [-0.1, -0.05) is 0 Å². The molecule has 0 bridgehead atoms. The summed E-state index contributed by atoms with van der Waals surface area (Å²) >= 11 is 3.61. The largest absolute Gasteiger partial charge is 0.378 e. The van der Waals surface area contributed by atoms with Crippen LogP contribution in [0, 0.1) is 6.92 Å². The fourth-order valence-corrected chi connectivity index (χ4v) is 2.80. The maximum atomic E-state index is 5.61. The van der Waals surface area contributed by atoms with Crippen LogP contribution in [0.1, 0.15) is 37.6 Å². The minimum absolute atomic E-state index is 0.471. The van der Waals surface area contributed by atoms with Crippen molar-refractivity contribution in [3.63, 3.8) is 0 Å². The topological polar surface area (TPSA) is 39.1 Å². The molecule has 4 nitrogen and oxygen atoms in total. The summed E-state index contributed by atoms with van der Waals surface area (Å²) in [5.74, 6) is 0. The fourth-order valence-electron chi connectivity index (χ4n) is 2.38. The Kier molecular flexibility index (Phi) is 5.21. The van der Waals surface area contributed by atoms with Gasteiger partial charge in [0.1, 0.15) is 0 Å². The summed E-state index contributed by atoms with van der Waals surface area (Å²) in [4.78, 5) is 0. The third-order valence-electron chi connectivity index (χ3n) is 3.41. The maximum absolute atomic E-state index is 5.61. The van der Waals surface area contributed by atoms with Gasteiger partial charge in [0.15, 0.2) is 0 Å². The summed E-state index contributed by atoms with van der Waals surface area (Å²) in [5, 5.41) is 7.98. The van der Waals surface area contributed by atoms with Gasteiger partial charge in [-0.2, -0.15) is 5.10 Å². The van der Waals surface area contributed by atoms with Crippen LogP contribution >= 0.6 is 15.9 Å². The Morgan fingerprint density at radius 3 is 3.06 bits per heavy atom. The summed E-state index contributed by atoms with van der Waals surface area (Å²) in [6.45, 7) is 7.88. The number of hydrogen-bond donors (Lipinski definition) is 1. The van der Waals surface area contributed by atoms with Gasteiger partial charge in [0, 0.05) is 19.7 Å². The lowest BCUT2D eigenvalue weighted by Crippen LogP contribution is -2.21. The lowest BCUT2D eigenvalue weighted by atomic mass is 10.2. The molecule has 1 fully saturated rings. The number of halogens is 1. The molecule has 0 spiro atoms. The highest BCUT2D eigenvalue weighted by atomic mass is 79.9. The van der Waals surface area contributed by atoms with E-state index in [1.165, 1.54) is 18.5 Å². The Bertz CT molecular complexity index is 386. The molecular weight excluding hydrogens is 294 g/mol. The molecule has 5 heteroatoms. The van der Waals surface area contributed by atoms with Gasteiger partial charge in [-0.3, -0.25) is 4.68 Å². The molecule has 0 aliphatic carbocycles. The minimum Gasteiger partial charge on any atom is -0.378 e. The molecule has 1 saturated heterocycles. The van der Waals surface area contributed by atoms with E-state index >= 15 is 0 Å². The van der Waals surface area contributed by atoms with E-state index in [4.69, 9.17) is 4.74 Å². The normalized spacial score (nSPS) is 19.6. The molecule has 1 aromatic rings. The first kappa shape index (κ1) is 14.0. The van der Waals surface area contributed by atoms with Crippen LogP contribution < -0.4 is 5.32 Å². The highest BCUT2D eigenvalue weighted by Crippen LogP contribution is 2.21. The molecule has 102 valence electrons. The van der Waals surface area contributed by atoms with Gasteiger partial charge in [0.25, 0.3) is 0 Å². The summed E-state index contributed by atoms with van der Waals surface area (Å²) in [6, 6.07) is 0. The molecule has 2 rings (SSSR count). The molecule has 1 N–H and O–H groups in total. The number of rotatable bonds is 6. The van der Waals surface area contributed by atoms with E-state index in [-0.39, 0.29) is 0 Å². The van der Waals surface area contributed by atoms with E-state index in [0.29, 0.717) is 6.10 Å². The average Bonchev–Trinajstić information content (AvgIpc) is 2.96. The van der Waals surface area contributed by atoms with Gasteiger partial charge in [-0.15, -0.1) is 0 Å². The lowest BCUT2D eigenvalue weighted by Gasteiger charge is -2.11. The van der Waals surface area contributed by atoms with Crippen LogP contribution in [-0.2, 0) is 17.8 Å². The molecule has 2 heterocycles. The highest BCUT2D eigenvalue weighted by molar-refractivity contribution is 9.10. The second kappa shape index (κ2) is 6.68. The van der Waals surface area contributed by atoms with E-state index < -0.39 is 0 Å². The molecule has 1 aliphatic rings. The van der Waals surface area contributed by atoms with Gasteiger partial charge >= 0.3 is 0 Å². The molecule has 0 saturated carbocycles. The summed E-state index contributed by atoms with van der Waals surface area (Å²) < 4.78 is 8.80. The standard InChI is InChI=1S/C13H22BrN3O/c1-3-17-12(13(14)10(2)16-17)9-15-7-6-11-5-4-8-18-11/h11,15H,3-9H2,1-2H3.